The van der Waals surface area contributed by atoms with Crippen molar-refractivity contribution in [2.24, 2.45) is 11.8 Å². The Kier molecular flexibility index (Phi) is 5.49. The van der Waals surface area contributed by atoms with Gasteiger partial charge in [-0.15, -0.1) is 0 Å². The predicted octanol–water partition coefficient (Wildman–Crippen LogP) is 3.83. The van der Waals surface area contributed by atoms with Crippen molar-refractivity contribution in [2.45, 2.75) is 38.5 Å². The average Bonchev–Trinajstić information content (AvgIpc) is 2.69. The van der Waals surface area contributed by atoms with Gasteiger partial charge in [-0.1, -0.05) is 24.3 Å². The number of likely N-dealkylation sites (tertiary alicyclic amines) is 1. The van der Waals surface area contributed by atoms with E-state index < -0.39 is 0 Å². The molecule has 4 heteroatoms. The van der Waals surface area contributed by atoms with Gasteiger partial charge in [0, 0.05) is 44.3 Å². The highest BCUT2D eigenvalue weighted by Gasteiger charge is 2.26. The van der Waals surface area contributed by atoms with Gasteiger partial charge in [0.2, 0.25) is 5.91 Å². The third kappa shape index (κ3) is 4.07. The molecule has 2 fully saturated rings. The number of para-hydroxylation sites is 1. The topological polar surface area (TPSA) is 42.4 Å². The van der Waals surface area contributed by atoms with Crippen LogP contribution in [0.5, 0.6) is 0 Å². The van der Waals surface area contributed by atoms with E-state index in [1.165, 1.54) is 17.4 Å². The summed E-state index contributed by atoms with van der Waals surface area (Å²) in [6.45, 7) is 3.45. The smallest absolute Gasteiger partial charge is 0.222 e. The molecule has 2 aliphatic heterocycles. The zero-order chi connectivity index (χ0) is 17.8. The number of rotatable bonds is 4. The molecule has 1 unspecified atom stereocenters. The zero-order valence-electron chi connectivity index (χ0n) is 15.4. The molecular weight excluding hydrogens is 324 g/mol. The normalized spacial score (nSPS) is 21.8. The summed E-state index contributed by atoms with van der Waals surface area (Å²) in [6.07, 6.45) is 7.96. The molecule has 2 aromatic rings. The molecule has 0 bridgehead atoms. The van der Waals surface area contributed by atoms with Crippen molar-refractivity contribution in [3.63, 3.8) is 0 Å². The fourth-order valence-corrected chi connectivity index (χ4v) is 4.43. The molecule has 0 saturated carbocycles. The van der Waals surface area contributed by atoms with E-state index in [2.05, 4.69) is 34.1 Å². The number of carbonyl (C=O) groups is 1. The first-order valence-electron chi connectivity index (χ1n) is 9.98. The molecule has 1 aromatic heterocycles. The highest BCUT2D eigenvalue weighted by Crippen LogP contribution is 2.26. The van der Waals surface area contributed by atoms with Gasteiger partial charge in [0.15, 0.2) is 0 Å². The van der Waals surface area contributed by atoms with Gasteiger partial charge in [-0.25, -0.2) is 0 Å². The van der Waals surface area contributed by atoms with Gasteiger partial charge >= 0.3 is 0 Å². The lowest BCUT2D eigenvalue weighted by molar-refractivity contribution is -0.134. The van der Waals surface area contributed by atoms with Crippen molar-refractivity contribution in [3.05, 3.63) is 42.1 Å². The molecule has 1 atom stereocenters. The molecule has 4 rings (SSSR count). The standard InChI is InChI=1S/C22H28N2O2/c25-21(15-17-8-12-26-13-9-17)24-11-3-4-18(16-24)14-20-6-1-5-19-7-2-10-23-22(19)20/h1-2,5-7,10,17-18H,3-4,8-9,11-16H2. The monoisotopic (exact) mass is 352 g/mol. The van der Waals surface area contributed by atoms with E-state index in [1.54, 1.807) is 0 Å². The van der Waals surface area contributed by atoms with E-state index in [1.807, 2.05) is 12.3 Å². The molecule has 0 N–H and O–H groups in total. The van der Waals surface area contributed by atoms with Crippen LogP contribution >= 0.6 is 0 Å². The van der Waals surface area contributed by atoms with Gasteiger partial charge in [-0.2, -0.15) is 0 Å². The summed E-state index contributed by atoms with van der Waals surface area (Å²) >= 11 is 0. The zero-order valence-corrected chi connectivity index (χ0v) is 15.4. The predicted molar refractivity (Wildman–Crippen MR) is 103 cm³/mol. The molecule has 1 aromatic carbocycles. The lowest BCUT2D eigenvalue weighted by atomic mass is 9.89. The van der Waals surface area contributed by atoms with Crippen molar-refractivity contribution in [1.29, 1.82) is 0 Å². The van der Waals surface area contributed by atoms with Crippen molar-refractivity contribution in [2.75, 3.05) is 26.3 Å². The molecule has 2 saturated heterocycles. The SMILES string of the molecule is O=C(CC1CCOCC1)N1CCCC(Cc2cccc3cccnc23)C1. The number of hydrogen-bond acceptors (Lipinski definition) is 3. The lowest BCUT2D eigenvalue weighted by Crippen LogP contribution is -2.41. The molecule has 1 amide bonds. The maximum Gasteiger partial charge on any atom is 0.222 e. The van der Waals surface area contributed by atoms with E-state index in [9.17, 15) is 4.79 Å². The second-order valence-electron chi connectivity index (χ2n) is 7.80. The van der Waals surface area contributed by atoms with Crippen LogP contribution in [0.4, 0.5) is 0 Å². The lowest BCUT2D eigenvalue weighted by Gasteiger charge is -2.34. The Balaban J connectivity index is 1.39. The van der Waals surface area contributed by atoms with Crippen molar-refractivity contribution in [1.82, 2.24) is 9.88 Å². The van der Waals surface area contributed by atoms with Gasteiger partial charge in [0.1, 0.15) is 0 Å². The molecule has 26 heavy (non-hydrogen) atoms. The summed E-state index contributed by atoms with van der Waals surface area (Å²) in [5, 5.41) is 1.20. The number of amides is 1. The molecule has 0 spiro atoms. The van der Waals surface area contributed by atoms with E-state index in [4.69, 9.17) is 4.74 Å². The average molecular weight is 352 g/mol. The summed E-state index contributed by atoms with van der Waals surface area (Å²) in [5.41, 5.74) is 2.42. The highest BCUT2D eigenvalue weighted by atomic mass is 16.5. The number of piperidine rings is 1. The maximum absolute atomic E-state index is 12.7. The second kappa shape index (κ2) is 8.17. The fraction of sp³-hybridized carbons (Fsp3) is 0.545. The molecule has 4 nitrogen and oxygen atoms in total. The van der Waals surface area contributed by atoms with Crippen molar-refractivity contribution < 1.29 is 9.53 Å². The number of fused-ring (bicyclic) bond motifs is 1. The van der Waals surface area contributed by atoms with Crippen LogP contribution in [0.25, 0.3) is 10.9 Å². The second-order valence-corrected chi connectivity index (χ2v) is 7.80. The Morgan fingerprint density at radius 1 is 1.12 bits per heavy atom. The Hall–Kier alpha value is -1.94. The van der Waals surface area contributed by atoms with Gasteiger partial charge < -0.3 is 9.64 Å². The number of hydrogen-bond donors (Lipinski definition) is 0. The Morgan fingerprint density at radius 2 is 1.96 bits per heavy atom. The Bertz CT molecular complexity index is 749. The molecular formula is C22H28N2O2. The molecule has 2 aliphatic rings. The summed E-state index contributed by atoms with van der Waals surface area (Å²) in [7, 11) is 0. The maximum atomic E-state index is 12.7. The number of ether oxygens (including phenoxy) is 1. The summed E-state index contributed by atoms with van der Waals surface area (Å²) < 4.78 is 5.41. The summed E-state index contributed by atoms with van der Waals surface area (Å²) in [4.78, 5) is 19.4. The first-order chi connectivity index (χ1) is 12.8. The minimum absolute atomic E-state index is 0.345. The van der Waals surface area contributed by atoms with Gasteiger partial charge in [-0.05, 0) is 55.6 Å². The van der Waals surface area contributed by atoms with Gasteiger partial charge in [-0.3, -0.25) is 9.78 Å². The van der Waals surface area contributed by atoms with Crippen LogP contribution in [0.15, 0.2) is 36.5 Å². The van der Waals surface area contributed by atoms with Crippen LogP contribution in [0.3, 0.4) is 0 Å². The third-order valence-corrected chi connectivity index (χ3v) is 5.90. The molecule has 3 heterocycles. The Morgan fingerprint density at radius 3 is 2.85 bits per heavy atom. The first kappa shape index (κ1) is 17.5. The van der Waals surface area contributed by atoms with Gasteiger partial charge in [0.05, 0.1) is 5.52 Å². The fourth-order valence-electron chi connectivity index (χ4n) is 4.43. The summed E-state index contributed by atoms with van der Waals surface area (Å²) in [5.74, 6) is 1.39. The van der Waals surface area contributed by atoms with E-state index in [0.29, 0.717) is 24.2 Å². The molecule has 0 radical (unpaired) electrons. The summed E-state index contributed by atoms with van der Waals surface area (Å²) in [6, 6.07) is 10.5. The van der Waals surface area contributed by atoms with Gasteiger partial charge in [0.25, 0.3) is 0 Å². The van der Waals surface area contributed by atoms with Crippen LogP contribution in [0, 0.1) is 11.8 Å². The number of carbonyl (C=O) groups excluding carboxylic acids is 1. The van der Waals surface area contributed by atoms with E-state index >= 15 is 0 Å². The van der Waals surface area contributed by atoms with E-state index in [-0.39, 0.29) is 0 Å². The van der Waals surface area contributed by atoms with E-state index in [0.717, 1.165) is 57.5 Å². The number of benzene rings is 1. The molecule has 138 valence electrons. The largest absolute Gasteiger partial charge is 0.381 e. The third-order valence-electron chi connectivity index (χ3n) is 5.90. The quantitative estimate of drug-likeness (QED) is 0.840. The number of aromatic nitrogens is 1. The van der Waals surface area contributed by atoms with Crippen molar-refractivity contribution in [3.8, 4) is 0 Å². The minimum atomic E-state index is 0.345. The highest BCUT2D eigenvalue weighted by molar-refractivity contribution is 5.81. The number of nitrogens with zero attached hydrogens (tertiary/aromatic N) is 2. The minimum Gasteiger partial charge on any atom is -0.381 e. The van der Waals surface area contributed by atoms with Crippen LogP contribution in [-0.2, 0) is 16.0 Å². The van der Waals surface area contributed by atoms with Crippen LogP contribution < -0.4 is 0 Å². The van der Waals surface area contributed by atoms with Crippen LogP contribution in [-0.4, -0.2) is 42.1 Å². The first-order valence-corrected chi connectivity index (χ1v) is 9.98. The molecule has 0 aliphatic carbocycles. The van der Waals surface area contributed by atoms with Crippen LogP contribution in [0.1, 0.15) is 37.7 Å². The Labute approximate surface area is 155 Å². The number of pyridine rings is 1. The van der Waals surface area contributed by atoms with Crippen LogP contribution in [0.2, 0.25) is 0 Å². The van der Waals surface area contributed by atoms with Crippen molar-refractivity contribution >= 4 is 16.8 Å².